The van der Waals surface area contributed by atoms with E-state index in [4.69, 9.17) is 0 Å². The van der Waals surface area contributed by atoms with Gasteiger partial charge in [-0.3, -0.25) is 4.79 Å². The van der Waals surface area contributed by atoms with Crippen LogP contribution in [0.15, 0.2) is 35.3 Å². The lowest BCUT2D eigenvalue weighted by atomic mass is 9.96. The van der Waals surface area contributed by atoms with Crippen LogP contribution in [0.25, 0.3) is 22.2 Å². The zero-order valence-corrected chi connectivity index (χ0v) is 11.4. The van der Waals surface area contributed by atoms with Gasteiger partial charge in [-0.2, -0.15) is 5.10 Å². The van der Waals surface area contributed by atoms with E-state index in [0.717, 1.165) is 12.1 Å². The number of fused-ring (bicyclic) bond motifs is 1. The second kappa shape index (κ2) is 4.77. The molecule has 0 saturated heterocycles. The molecule has 0 aliphatic carbocycles. The van der Waals surface area contributed by atoms with Crippen LogP contribution in [0.4, 0.5) is 8.78 Å². The SMILES string of the molecule is Bc1cc2cnnc(-c3ccc(F)cc3F)c2n(C)c1=O. The van der Waals surface area contributed by atoms with Crippen LogP contribution in [0, 0.1) is 11.6 Å². The Morgan fingerprint density at radius 2 is 2.00 bits per heavy atom. The first-order valence-electron chi connectivity index (χ1n) is 6.26. The number of hydrogen-bond donors (Lipinski definition) is 0. The van der Waals surface area contributed by atoms with Crippen molar-refractivity contribution in [1.29, 1.82) is 0 Å². The predicted molar refractivity (Wildman–Crippen MR) is 78.3 cm³/mol. The molecule has 0 unspecified atom stereocenters. The zero-order valence-electron chi connectivity index (χ0n) is 11.4. The van der Waals surface area contributed by atoms with Crippen LogP contribution in [0.2, 0.25) is 0 Å². The lowest BCUT2D eigenvalue weighted by Gasteiger charge is -2.11. The van der Waals surface area contributed by atoms with Gasteiger partial charge in [0.15, 0.2) is 0 Å². The average molecular weight is 285 g/mol. The highest BCUT2D eigenvalue weighted by atomic mass is 19.1. The van der Waals surface area contributed by atoms with Gasteiger partial charge in [0, 0.05) is 24.1 Å². The molecule has 0 N–H and O–H groups in total. The third-order valence-electron chi connectivity index (χ3n) is 3.39. The second-order valence-electron chi connectivity index (χ2n) is 4.81. The number of rotatable bonds is 1. The number of aryl methyl sites for hydroxylation is 1. The van der Waals surface area contributed by atoms with Gasteiger partial charge in [0.1, 0.15) is 25.2 Å². The molecule has 3 rings (SSSR count). The minimum Gasteiger partial charge on any atom is -0.310 e. The fraction of sp³-hybridized carbons (Fsp3) is 0.0714. The first kappa shape index (κ1) is 13.4. The molecule has 3 aromatic rings. The first-order valence-corrected chi connectivity index (χ1v) is 6.26. The van der Waals surface area contributed by atoms with Crippen LogP contribution in [-0.4, -0.2) is 22.6 Å². The van der Waals surface area contributed by atoms with Gasteiger partial charge >= 0.3 is 0 Å². The fourth-order valence-electron chi connectivity index (χ4n) is 2.38. The molecule has 0 saturated carbocycles. The van der Waals surface area contributed by atoms with E-state index in [1.165, 1.54) is 16.8 Å². The monoisotopic (exact) mass is 285 g/mol. The lowest BCUT2D eigenvalue weighted by molar-refractivity contribution is 0.585. The second-order valence-corrected chi connectivity index (χ2v) is 4.81. The van der Waals surface area contributed by atoms with Crippen LogP contribution in [0.1, 0.15) is 0 Å². The molecule has 0 fully saturated rings. The predicted octanol–water partition coefficient (Wildman–Crippen LogP) is 0.532. The maximum Gasteiger partial charge on any atom is 0.244 e. The number of pyridine rings is 1. The highest BCUT2D eigenvalue weighted by molar-refractivity contribution is 6.32. The summed E-state index contributed by atoms with van der Waals surface area (Å²) in [5.41, 5.74) is 1.15. The summed E-state index contributed by atoms with van der Waals surface area (Å²) in [5, 5.41) is 8.44. The van der Waals surface area contributed by atoms with Crippen molar-refractivity contribution in [3.05, 3.63) is 52.5 Å². The average Bonchev–Trinajstić information content (AvgIpc) is 2.44. The third-order valence-corrected chi connectivity index (χ3v) is 3.39. The van der Waals surface area contributed by atoms with Gasteiger partial charge < -0.3 is 4.57 Å². The molecule has 7 heteroatoms. The Morgan fingerprint density at radius 1 is 1.24 bits per heavy atom. The van der Waals surface area contributed by atoms with Gasteiger partial charge in [-0.05, 0) is 17.6 Å². The molecule has 21 heavy (non-hydrogen) atoms. The Bertz CT molecular complexity index is 924. The van der Waals surface area contributed by atoms with Crippen molar-refractivity contribution < 1.29 is 8.78 Å². The van der Waals surface area contributed by atoms with Crippen LogP contribution in [0.3, 0.4) is 0 Å². The Labute approximate surface area is 119 Å². The number of nitrogens with zero attached hydrogens (tertiary/aromatic N) is 3. The molecule has 104 valence electrons. The Morgan fingerprint density at radius 3 is 2.71 bits per heavy atom. The smallest absolute Gasteiger partial charge is 0.244 e. The van der Waals surface area contributed by atoms with E-state index in [0.29, 0.717) is 16.4 Å². The summed E-state index contributed by atoms with van der Waals surface area (Å²) in [5.74, 6) is -1.42. The highest BCUT2D eigenvalue weighted by Crippen LogP contribution is 2.26. The Balaban J connectivity index is 2.43. The van der Waals surface area contributed by atoms with Crippen molar-refractivity contribution >= 4 is 24.2 Å². The molecule has 0 aliphatic rings. The van der Waals surface area contributed by atoms with Crippen molar-refractivity contribution in [2.45, 2.75) is 0 Å². The largest absolute Gasteiger partial charge is 0.310 e. The lowest BCUT2D eigenvalue weighted by Crippen LogP contribution is -2.33. The molecule has 1 aromatic carbocycles. The normalized spacial score (nSPS) is 11.0. The van der Waals surface area contributed by atoms with Crippen molar-refractivity contribution in [2.24, 2.45) is 7.05 Å². The maximum atomic E-state index is 14.0. The molecule has 4 nitrogen and oxygen atoms in total. The molecule has 0 atom stereocenters. The van der Waals surface area contributed by atoms with E-state index in [9.17, 15) is 13.6 Å². The molecule has 2 aromatic heterocycles. The van der Waals surface area contributed by atoms with Crippen molar-refractivity contribution in [1.82, 2.24) is 14.8 Å². The molecule has 0 aliphatic heterocycles. The van der Waals surface area contributed by atoms with Gasteiger partial charge in [0.05, 0.1) is 11.7 Å². The fourth-order valence-corrected chi connectivity index (χ4v) is 2.38. The third kappa shape index (κ3) is 2.10. The molecule has 2 heterocycles. The van der Waals surface area contributed by atoms with Crippen molar-refractivity contribution in [2.75, 3.05) is 0 Å². The number of benzene rings is 1. The highest BCUT2D eigenvalue weighted by Gasteiger charge is 2.15. The Kier molecular flexibility index (Phi) is 3.05. The summed E-state index contributed by atoms with van der Waals surface area (Å²) in [6.45, 7) is 0. The van der Waals surface area contributed by atoms with Crippen molar-refractivity contribution in [3.8, 4) is 11.3 Å². The van der Waals surface area contributed by atoms with Gasteiger partial charge in [-0.1, -0.05) is 6.07 Å². The summed E-state index contributed by atoms with van der Waals surface area (Å²) >= 11 is 0. The first-order chi connectivity index (χ1) is 9.99. The van der Waals surface area contributed by atoms with Crippen LogP contribution >= 0.6 is 0 Å². The quantitative estimate of drug-likeness (QED) is 0.613. The van der Waals surface area contributed by atoms with Gasteiger partial charge in [-0.15, -0.1) is 5.10 Å². The van der Waals surface area contributed by atoms with Crippen molar-refractivity contribution in [3.63, 3.8) is 0 Å². The van der Waals surface area contributed by atoms with Crippen LogP contribution in [-0.2, 0) is 7.05 Å². The topological polar surface area (TPSA) is 47.8 Å². The standard InChI is InChI=1S/C14H10BF2N3O/c1-20-13-7(4-10(15)14(20)21)6-18-19-12(13)9-3-2-8(16)5-11(9)17/h2-6H,15H2,1H3. The van der Waals surface area contributed by atoms with Gasteiger partial charge in [0.25, 0.3) is 0 Å². The number of halogens is 2. The zero-order chi connectivity index (χ0) is 15.1. The van der Waals surface area contributed by atoms with Crippen LogP contribution in [0.5, 0.6) is 0 Å². The molecule has 0 bridgehead atoms. The minimum atomic E-state index is -0.746. The summed E-state index contributed by atoms with van der Waals surface area (Å²) in [6, 6.07) is 4.89. The van der Waals surface area contributed by atoms with E-state index in [2.05, 4.69) is 10.2 Å². The molecule has 0 spiro atoms. The molecule has 0 radical (unpaired) electrons. The maximum absolute atomic E-state index is 14.0. The van der Waals surface area contributed by atoms with E-state index >= 15 is 0 Å². The molecular formula is C14H10BF2N3O. The van der Waals surface area contributed by atoms with E-state index in [1.54, 1.807) is 21.0 Å². The number of hydrogen-bond acceptors (Lipinski definition) is 3. The van der Waals surface area contributed by atoms with E-state index < -0.39 is 11.6 Å². The summed E-state index contributed by atoms with van der Waals surface area (Å²) < 4.78 is 28.4. The Hall–Kier alpha value is -2.57. The summed E-state index contributed by atoms with van der Waals surface area (Å²) in [7, 11) is 3.28. The van der Waals surface area contributed by atoms with Gasteiger partial charge in [-0.25, -0.2) is 8.78 Å². The van der Waals surface area contributed by atoms with E-state index in [-0.39, 0.29) is 16.8 Å². The molecular weight excluding hydrogens is 275 g/mol. The summed E-state index contributed by atoms with van der Waals surface area (Å²) in [4.78, 5) is 12.1. The van der Waals surface area contributed by atoms with Gasteiger partial charge in [0.2, 0.25) is 5.56 Å². The van der Waals surface area contributed by atoms with E-state index in [1.807, 2.05) is 0 Å². The molecule has 0 amide bonds. The van der Waals surface area contributed by atoms with Crippen LogP contribution < -0.4 is 11.0 Å². The number of aromatic nitrogens is 3. The summed E-state index contributed by atoms with van der Waals surface area (Å²) in [6.07, 6.45) is 1.51. The minimum absolute atomic E-state index is 0.105.